The van der Waals surface area contributed by atoms with Gasteiger partial charge in [0.2, 0.25) is 0 Å². The smallest absolute Gasteiger partial charge is 0.272 e. The minimum Gasteiger partial charge on any atom is -0.483 e. The number of alkyl halides is 1. The molecule has 1 aromatic carbocycles. The summed E-state index contributed by atoms with van der Waals surface area (Å²) in [5.41, 5.74) is 0.500. The Balaban J connectivity index is 2.40. The van der Waals surface area contributed by atoms with Gasteiger partial charge in [0, 0.05) is 0 Å². The maximum Gasteiger partial charge on any atom is 0.272 e. The summed E-state index contributed by atoms with van der Waals surface area (Å²) in [5, 5.41) is 2.51. The standard InChI is InChI=1S/C10H10FNO2/c1-7-10(11,6-13)12-8-4-2-3-5-9(8)14-7/h2-7,12H,1H3. The molecule has 1 aliphatic heterocycles. The van der Waals surface area contributed by atoms with Crippen molar-refractivity contribution in [3.63, 3.8) is 0 Å². The highest BCUT2D eigenvalue weighted by molar-refractivity contribution is 5.73. The molecule has 74 valence electrons. The first kappa shape index (κ1) is 8.99. The van der Waals surface area contributed by atoms with E-state index in [0.29, 0.717) is 11.4 Å². The first-order valence-corrected chi connectivity index (χ1v) is 4.35. The van der Waals surface area contributed by atoms with Gasteiger partial charge >= 0.3 is 0 Å². The van der Waals surface area contributed by atoms with Crippen LogP contribution in [0.2, 0.25) is 0 Å². The Labute approximate surface area is 80.9 Å². The molecule has 0 saturated heterocycles. The van der Waals surface area contributed by atoms with E-state index >= 15 is 0 Å². The first-order chi connectivity index (χ1) is 6.65. The maximum absolute atomic E-state index is 13.8. The number of aldehydes is 1. The molecule has 2 unspecified atom stereocenters. The molecule has 2 atom stereocenters. The number of para-hydroxylation sites is 2. The maximum atomic E-state index is 13.8. The predicted molar refractivity (Wildman–Crippen MR) is 50.1 cm³/mol. The molecule has 0 spiro atoms. The molecule has 0 fully saturated rings. The van der Waals surface area contributed by atoms with E-state index in [2.05, 4.69) is 5.32 Å². The van der Waals surface area contributed by atoms with Crippen LogP contribution in [-0.4, -0.2) is 18.2 Å². The Hall–Kier alpha value is -1.58. The Morgan fingerprint density at radius 1 is 1.57 bits per heavy atom. The van der Waals surface area contributed by atoms with Crippen LogP contribution in [0.15, 0.2) is 24.3 Å². The Bertz CT molecular complexity index is 369. The molecular formula is C10H10FNO2. The van der Waals surface area contributed by atoms with Gasteiger partial charge in [0.05, 0.1) is 5.69 Å². The number of hydrogen-bond acceptors (Lipinski definition) is 3. The van der Waals surface area contributed by atoms with Crippen molar-refractivity contribution in [1.82, 2.24) is 0 Å². The number of carbonyl (C=O) groups excluding carboxylic acids is 1. The highest BCUT2D eigenvalue weighted by atomic mass is 19.1. The van der Waals surface area contributed by atoms with Crippen LogP contribution in [0.5, 0.6) is 5.75 Å². The highest BCUT2D eigenvalue weighted by Crippen LogP contribution is 2.35. The van der Waals surface area contributed by atoms with Crippen LogP contribution in [-0.2, 0) is 4.79 Å². The molecule has 1 N–H and O–H groups in total. The monoisotopic (exact) mass is 195 g/mol. The van der Waals surface area contributed by atoms with Gasteiger partial charge in [0.1, 0.15) is 5.75 Å². The Morgan fingerprint density at radius 3 is 3.00 bits per heavy atom. The molecule has 0 radical (unpaired) electrons. The zero-order valence-corrected chi connectivity index (χ0v) is 7.66. The fourth-order valence-electron chi connectivity index (χ4n) is 1.38. The van der Waals surface area contributed by atoms with Crippen LogP contribution in [0.4, 0.5) is 10.1 Å². The summed E-state index contributed by atoms with van der Waals surface area (Å²) < 4.78 is 19.0. The highest BCUT2D eigenvalue weighted by Gasteiger charge is 2.42. The largest absolute Gasteiger partial charge is 0.483 e. The SMILES string of the molecule is CC1Oc2ccccc2NC1(F)C=O. The lowest BCUT2D eigenvalue weighted by molar-refractivity contribution is -0.121. The third kappa shape index (κ3) is 1.23. The Morgan fingerprint density at radius 2 is 2.29 bits per heavy atom. The first-order valence-electron chi connectivity index (χ1n) is 4.35. The van der Waals surface area contributed by atoms with Gasteiger partial charge < -0.3 is 10.1 Å². The summed E-state index contributed by atoms with van der Waals surface area (Å²) in [6.45, 7) is 1.51. The molecular weight excluding hydrogens is 185 g/mol. The summed E-state index contributed by atoms with van der Waals surface area (Å²) in [6.07, 6.45) is -0.594. The van der Waals surface area contributed by atoms with Crippen LogP contribution >= 0.6 is 0 Å². The summed E-state index contributed by atoms with van der Waals surface area (Å²) in [6, 6.07) is 6.93. The van der Waals surface area contributed by atoms with Crippen molar-refractivity contribution in [1.29, 1.82) is 0 Å². The van der Waals surface area contributed by atoms with E-state index in [-0.39, 0.29) is 6.29 Å². The lowest BCUT2D eigenvalue weighted by atomic mass is 10.1. The van der Waals surface area contributed by atoms with Gasteiger partial charge in [-0.2, -0.15) is 0 Å². The molecule has 2 rings (SSSR count). The van der Waals surface area contributed by atoms with Crippen molar-refractivity contribution in [2.45, 2.75) is 18.8 Å². The van der Waals surface area contributed by atoms with Crippen molar-refractivity contribution in [2.75, 3.05) is 5.32 Å². The molecule has 3 nitrogen and oxygen atoms in total. The van der Waals surface area contributed by atoms with Crippen molar-refractivity contribution < 1.29 is 13.9 Å². The van der Waals surface area contributed by atoms with Gasteiger partial charge in [0.25, 0.3) is 5.79 Å². The second kappa shape index (κ2) is 2.97. The predicted octanol–water partition coefficient (Wildman–Crippen LogP) is 1.74. The summed E-state index contributed by atoms with van der Waals surface area (Å²) in [4.78, 5) is 10.6. The number of carbonyl (C=O) groups is 1. The minimum absolute atomic E-state index is 0.230. The van der Waals surface area contributed by atoms with E-state index in [9.17, 15) is 9.18 Å². The van der Waals surface area contributed by atoms with Crippen molar-refractivity contribution in [2.24, 2.45) is 0 Å². The van der Waals surface area contributed by atoms with E-state index < -0.39 is 11.9 Å². The average Bonchev–Trinajstić information content (AvgIpc) is 2.20. The van der Waals surface area contributed by atoms with Gasteiger partial charge in [-0.05, 0) is 19.1 Å². The molecule has 0 bridgehead atoms. The number of rotatable bonds is 1. The van der Waals surface area contributed by atoms with Crippen LogP contribution in [0.3, 0.4) is 0 Å². The molecule has 0 aromatic heterocycles. The normalized spacial score (nSPS) is 29.7. The lowest BCUT2D eigenvalue weighted by Gasteiger charge is -2.34. The topological polar surface area (TPSA) is 38.3 Å². The number of nitrogens with one attached hydrogen (secondary N) is 1. The fourth-order valence-corrected chi connectivity index (χ4v) is 1.38. The molecule has 4 heteroatoms. The van der Waals surface area contributed by atoms with Crippen molar-refractivity contribution in [3.05, 3.63) is 24.3 Å². The van der Waals surface area contributed by atoms with Gasteiger partial charge in [0.15, 0.2) is 12.4 Å². The fraction of sp³-hybridized carbons (Fsp3) is 0.300. The number of halogens is 1. The van der Waals surface area contributed by atoms with Gasteiger partial charge in [-0.15, -0.1) is 0 Å². The second-order valence-corrected chi connectivity index (χ2v) is 3.27. The number of anilines is 1. The van der Waals surface area contributed by atoms with E-state index in [1.54, 1.807) is 24.3 Å². The summed E-state index contributed by atoms with van der Waals surface area (Å²) in [7, 11) is 0. The number of hydrogen-bond donors (Lipinski definition) is 1. The Kier molecular flexibility index (Phi) is 1.91. The molecule has 14 heavy (non-hydrogen) atoms. The van der Waals surface area contributed by atoms with Crippen LogP contribution < -0.4 is 10.1 Å². The van der Waals surface area contributed by atoms with Crippen molar-refractivity contribution in [3.8, 4) is 5.75 Å². The summed E-state index contributed by atoms with van der Waals surface area (Å²) >= 11 is 0. The van der Waals surface area contributed by atoms with E-state index in [4.69, 9.17) is 4.74 Å². The van der Waals surface area contributed by atoms with Gasteiger partial charge in [-0.25, -0.2) is 4.39 Å². The third-order valence-corrected chi connectivity index (χ3v) is 2.28. The molecule has 0 saturated carbocycles. The van der Waals surface area contributed by atoms with Gasteiger partial charge in [-0.3, -0.25) is 4.79 Å². The van der Waals surface area contributed by atoms with E-state index in [1.807, 2.05) is 0 Å². The quantitative estimate of drug-likeness (QED) is 0.548. The minimum atomic E-state index is -2.13. The van der Waals surface area contributed by atoms with Crippen molar-refractivity contribution >= 4 is 12.0 Å². The van der Waals surface area contributed by atoms with E-state index in [0.717, 1.165) is 0 Å². The third-order valence-electron chi connectivity index (χ3n) is 2.28. The lowest BCUT2D eigenvalue weighted by Crippen LogP contribution is -2.50. The molecule has 1 heterocycles. The molecule has 0 amide bonds. The number of fused-ring (bicyclic) bond motifs is 1. The van der Waals surface area contributed by atoms with Crippen LogP contribution in [0.25, 0.3) is 0 Å². The molecule has 1 aliphatic rings. The second-order valence-electron chi connectivity index (χ2n) is 3.27. The molecule has 0 aliphatic carbocycles. The molecule has 1 aromatic rings. The van der Waals surface area contributed by atoms with Crippen LogP contribution in [0, 0.1) is 0 Å². The van der Waals surface area contributed by atoms with Crippen LogP contribution in [0.1, 0.15) is 6.92 Å². The zero-order chi connectivity index (χ0) is 10.2. The van der Waals surface area contributed by atoms with Gasteiger partial charge in [-0.1, -0.05) is 12.1 Å². The number of ether oxygens (including phenoxy) is 1. The zero-order valence-electron chi connectivity index (χ0n) is 7.66. The summed E-state index contributed by atoms with van der Waals surface area (Å²) in [5.74, 6) is -1.57. The average molecular weight is 195 g/mol. The number of benzene rings is 1. The van der Waals surface area contributed by atoms with E-state index in [1.165, 1.54) is 6.92 Å².